The molecule has 0 atom stereocenters. The summed E-state index contributed by atoms with van der Waals surface area (Å²) in [6, 6.07) is 12.3. The van der Waals surface area contributed by atoms with Crippen LogP contribution < -0.4 is 10.9 Å². The van der Waals surface area contributed by atoms with Crippen molar-refractivity contribution < 1.29 is 9.59 Å². The molecule has 2 amide bonds. The Labute approximate surface area is 158 Å². The Morgan fingerprint density at radius 3 is 2.60 bits per heavy atom. The van der Waals surface area contributed by atoms with Gasteiger partial charge in [-0.3, -0.25) is 20.4 Å². The van der Waals surface area contributed by atoms with Crippen molar-refractivity contribution in [3.05, 3.63) is 68.5 Å². The van der Waals surface area contributed by atoms with Gasteiger partial charge in [-0.1, -0.05) is 35.3 Å². The molecule has 0 saturated heterocycles. The standard InChI is InChI=1S/C18H14Cl2N2O2S/c1-10-13-8-11(19)6-7-15(13)25-16(10)9-17(23)21-22-18(24)12-4-2-3-5-14(12)20/h2-8H,9H2,1H3,(H,21,23)(H,22,24). The molecule has 0 unspecified atom stereocenters. The average molecular weight is 393 g/mol. The summed E-state index contributed by atoms with van der Waals surface area (Å²) in [5.74, 6) is -0.764. The number of carbonyl (C=O) groups is 2. The first kappa shape index (κ1) is 17.7. The number of benzene rings is 2. The van der Waals surface area contributed by atoms with Gasteiger partial charge in [0.05, 0.1) is 17.0 Å². The second-order valence-corrected chi connectivity index (χ2v) is 7.43. The van der Waals surface area contributed by atoms with Gasteiger partial charge < -0.3 is 0 Å². The van der Waals surface area contributed by atoms with Gasteiger partial charge in [-0.25, -0.2) is 0 Å². The van der Waals surface area contributed by atoms with E-state index in [4.69, 9.17) is 23.2 Å². The molecular formula is C18H14Cl2N2O2S. The maximum Gasteiger partial charge on any atom is 0.271 e. The third-order valence-electron chi connectivity index (χ3n) is 3.75. The third kappa shape index (κ3) is 3.95. The van der Waals surface area contributed by atoms with Crippen LogP contribution >= 0.6 is 34.5 Å². The van der Waals surface area contributed by atoms with E-state index in [-0.39, 0.29) is 12.3 Å². The molecule has 3 aromatic rings. The summed E-state index contributed by atoms with van der Waals surface area (Å²) in [5.41, 5.74) is 6.13. The van der Waals surface area contributed by atoms with Crippen LogP contribution in [0.25, 0.3) is 10.1 Å². The molecule has 2 aromatic carbocycles. The van der Waals surface area contributed by atoms with E-state index in [1.807, 2.05) is 25.1 Å². The Morgan fingerprint density at radius 2 is 1.84 bits per heavy atom. The molecular weight excluding hydrogens is 379 g/mol. The van der Waals surface area contributed by atoms with Crippen molar-refractivity contribution in [1.29, 1.82) is 0 Å². The zero-order chi connectivity index (χ0) is 18.0. The molecule has 25 heavy (non-hydrogen) atoms. The highest BCUT2D eigenvalue weighted by Crippen LogP contribution is 2.32. The fraction of sp³-hybridized carbons (Fsp3) is 0.111. The van der Waals surface area contributed by atoms with Crippen LogP contribution in [-0.4, -0.2) is 11.8 Å². The minimum atomic E-state index is -0.459. The molecule has 7 heteroatoms. The van der Waals surface area contributed by atoms with E-state index in [9.17, 15) is 9.59 Å². The van der Waals surface area contributed by atoms with Gasteiger partial charge in [0.25, 0.3) is 5.91 Å². The molecule has 1 aromatic heterocycles. The summed E-state index contributed by atoms with van der Waals surface area (Å²) >= 11 is 13.5. The fourth-order valence-electron chi connectivity index (χ4n) is 2.44. The van der Waals surface area contributed by atoms with Crippen LogP contribution in [0.4, 0.5) is 0 Å². The molecule has 3 rings (SSSR count). The summed E-state index contributed by atoms with van der Waals surface area (Å²) in [5, 5.41) is 2.03. The predicted octanol–water partition coefficient (Wildman–Crippen LogP) is 4.52. The smallest absolute Gasteiger partial charge is 0.271 e. The molecule has 0 aliphatic carbocycles. The van der Waals surface area contributed by atoms with Crippen molar-refractivity contribution in [3.8, 4) is 0 Å². The van der Waals surface area contributed by atoms with Crippen molar-refractivity contribution in [2.45, 2.75) is 13.3 Å². The van der Waals surface area contributed by atoms with Crippen LogP contribution in [0, 0.1) is 6.92 Å². The quantitative estimate of drug-likeness (QED) is 0.643. The minimum Gasteiger partial charge on any atom is -0.273 e. The number of hydrogen-bond donors (Lipinski definition) is 2. The summed E-state index contributed by atoms with van der Waals surface area (Å²) in [4.78, 5) is 25.1. The van der Waals surface area contributed by atoms with Crippen LogP contribution in [0.1, 0.15) is 20.8 Å². The Bertz CT molecular complexity index is 969. The van der Waals surface area contributed by atoms with Gasteiger partial charge in [-0.15, -0.1) is 11.3 Å². The van der Waals surface area contributed by atoms with Gasteiger partial charge in [0.15, 0.2) is 0 Å². The van der Waals surface area contributed by atoms with Crippen molar-refractivity contribution in [2.24, 2.45) is 0 Å². The lowest BCUT2D eigenvalue weighted by Gasteiger charge is -2.08. The van der Waals surface area contributed by atoms with E-state index in [2.05, 4.69) is 10.9 Å². The molecule has 4 nitrogen and oxygen atoms in total. The Morgan fingerprint density at radius 1 is 1.08 bits per heavy atom. The second kappa shape index (κ2) is 7.44. The molecule has 0 fully saturated rings. The topological polar surface area (TPSA) is 58.2 Å². The summed E-state index contributed by atoms with van der Waals surface area (Å²) in [7, 11) is 0. The van der Waals surface area contributed by atoms with Crippen LogP contribution in [0.2, 0.25) is 10.0 Å². The normalized spacial score (nSPS) is 10.7. The highest BCUT2D eigenvalue weighted by Gasteiger charge is 2.14. The Balaban J connectivity index is 1.66. The lowest BCUT2D eigenvalue weighted by Crippen LogP contribution is -2.42. The van der Waals surface area contributed by atoms with Gasteiger partial charge in [-0.05, 0) is 48.2 Å². The zero-order valence-corrected chi connectivity index (χ0v) is 15.6. The van der Waals surface area contributed by atoms with E-state index < -0.39 is 5.91 Å². The number of fused-ring (bicyclic) bond motifs is 1. The monoisotopic (exact) mass is 392 g/mol. The number of hydrogen-bond acceptors (Lipinski definition) is 3. The van der Waals surface area contributed by atoms with Crippen molar-refractivity contribution >= 4 is 56.4 Å². The number of thiophene rings is 1. The van der Waals surface area contributed by atoms with Gasteiger partial charge >= 0.3 is 0 Å². The van der Waals surface area contributed by atoms with E-state index in [1.54, 1.807) is 35.6 Å². The predicted molar refractivity (Wildman–Crippen MR) is 102 cm³/mol. The number of hydrazine groups is 1. The number of aryl methyl sites for hydroxylation is 1. The molecule has 0 aliphatic heterocycles. The molecule has 0 radical (unpaired) electrons. The first-order valence-electron chi connectivity index (χ1n) is 7.47. The lowest BCUT2D eigenvalue weighted by molar-refractivity contribution is -0.121. The molecule has 1 heterocycles. The summed E-state index contributed by atoms with van der Waals surface area (Å²) in [6.07, 6.45) is 0.172. The summed E-state index contributed by atoms with van der Waals surface area (Å²) in [6.45, 7) is 1.96. The molecule has 0 aliphatic rings. The summed E-state index contributed by atoms with van der Waals surface area (Å²) < 4.78 is 1.07. The van der Waals surface area contributed by atoms with E-state index >= 15 is 0 Å². The number of amides is 2. The molecule has 0 saturated carbocycles. The maximum absolute atomic E-state index is 12.2. The van der Waals surface area contributed by atoms with Gasteiger partial charge in [-0.2, -0.15) is 0 Å². The van der Waals surface area contributed by atoms with Crippen LogP contribution in [0.15, 0.2) is 42.5 Å². The SMILES string of the molecule is Cc1c(CC(=O)NNC(=O)c2ccccc2Cl)sc2ccc(Cl)cc12. The van der Waals surface area contributed by atoms with Crippen LogP contribution in [0.5, 0.6) is 0 Å². The van der Waals surface area contributed by atoms with Crippen molar-refractivity contribution in [2.75, 3.05) is 0 Å². The first-order chi connectivity index (χ1) is 12.0. The van der Waals surface area contributed by atoms with E-state index in [1.165, 1.54) is 0 Å². The first-order valence-corrected chi connectivity index (χ1v) is 9.04. The maximum atomic E-state index is 12.2. The van der Waals surface area contributed by atoms with Gasteiger partial charge in [0, 0.05) is 14.6 Å². The van der Waals surface area contributed by atoms with Crippen LogP contribution in [0.3, 0.4) is 0 Å². The minimum absolute atomic E-state index is 0.172. The number of halogens is 2. The third-order valence-corrected chi connectivity index (χ3v) is 5.59. The molecule has 0 bridgehead atoms. The van der Waals surface area contributed by atoms with Crippen molar-refractivity contribution in [3.63, 3.8) is 0 Å². The fourth-order valence-corrected chi connectivity index (χ4v) is 4.03. The Hall–Kier alpha value is -2.08. The van der Waals surface area contributed by atoms with Gasteiger partial charge in [0.2, 0.25) is 5.91 Å². The van der Waals surface area contributed by atoms with Crippen molar-refractivity contribution in [1.82, 2.24) is 10.9 Å². The number of rotatable bonds is 3. The molecule has 2 N–H and O–H groups in total. The highest BCUT2D eigenvalue weighted by molar-refractivity contribution is 7.19. The second-order valence-electron chi connectivity index (χ2n) is 5.45. The molecule has 0 spiro atoms. The largest absolute Gasteiger partial charge is 0.273 e. The average Bonchev–Trinajstić information content (AvgIpc) is 2.89. The Kier molecular flexibility index (Phi) is 5.27. The van der Waals surface area contributed by atoms with Gasteiger partial charge in [0.1, 0.15) is 0 Å². The number of nitrogens with one attached hydrogen (secondary N) is 2. The van der Waals surface area contributed by atoms with Crippen LogP contribution in [-0.2, 0) is 11.2 Å². The lowest BCUT2D eigenvalue weighted by atomic mass is 10.1. The number of carbonyl (C=O) groups excluding carboxylic acids is 2. The van der Waals surface area contributed by atoms with E-state index in [0.717, 1.165) is 20.5 Å². The molecule has 128 valence electrons. The highest BCUT2D eigenvalue weighted by atomic mass is 35.5. The zero-order valence-electron chi connectivity index (χ0n) is 13.2. The van der Waals surface area contributed by atoms with E-state index in [0.29, 0.717) is 15.6 Å².